The van der Waals surface area contributed by atoms with E-state index in [2.05, 4.69) is 20.6 Å². The zero-order valence-corrected chi connectivity index (χ0v) is 16.5. The lowest BCUT2D eigenvalue weighted by atomic mass is 10.1. The van der Waals surface area contributed by atoms with Crippen LogP contribution in [0.2, 0.25) is 0 Å². The number of pyridine rings is 1. The second kappa shape index (κ2) is 10.4. The van der Waals surface area contributed by atoms with Crippen molar-refractivity contribution in [3.8, 4) is 0 Å². The van der Waals surface area contributed by atoms with Gasteiger partial charge in [0.15, 0.2) is 5.96 Å². The average Bonchev–Trinajstić information content (AvgIpc) is 2.77. The van der Waals surface area contributed by atoms with Crippen LogP contribution in [-0.2, 0) is 13.1 Å². The first-order valence-corrected chi connectivity index (χ1v) is 10.1. The average molecular weight is 380 g/mol. The molecule has 6 heteroatoms. The van der Waals surface area contributed by atoms with Crippen molar-refractivity contribution in [1.29, 1.82) is 0 Å². The van der Waals surface area contributed by atoms with Gasteiger partial charge >= 0.3 is 0 Å². The molecule has 1 fully saturated rings. The summed E-state index contributed by atoms with van der Waals surface area (Å²) < 4.78 is 0. The van der Waals surface area contributed by atoms with Crippen molar-refractivity contribution in [2.45, 2.75) is 39.3 Å². The van der Waals surface area contributed by atoms with Gasteiger partial charge in [0, 0.05) is 31.4 Å². The third-order valence-corrected chi connectivity index (χ3v) is 4.77. The molecular formula is C22H29N5O. The molecule has 2 aromatic rings. The summed E-state index contributed by atoms with van der Waals surface area (Å²) in [5.74, 6) is 0.891. The van der Waals surface area contributed by atoms with Crippen LogP contribution in [0.5, 0.6) is 0 Å². The maximum absolute atomic E-state index is 12.6. The molecule has 2 N–H and O–H groups in total. The summed E-state index contributed by atoms with van der Waals surface area (Å²) in [7, 11) is 0. The SMILES string of the molecule is CCNC(=NCc1ccc(C(=O)N2CCCCC2)cc1)NCc1ccccn1. The van der Waals surface area contributed by atoms with Crippen molar-refractivity contribution in [1.82, 2.24) is 20.5 Å². The van der Waals surface area contributed by atoms with Gasteiger partial charge < -0.3 is 15.5 Å². The van der Waals surface area contributed by atoms with Crippen LogP contribution in [0, 0.1) is 0 Å². The van der Waals surface area contributed by atoms with Crippen LogP contribution < -0.4 is 10.6 Å². The number of amides is 1. The van der Waals surface area contributed by atoms with Crippen LogP contribution >= 0.6 is 0 Å². The molecule has 0 saturated carbocycles. The number of guanidine groups is 1. The highest BCUT2D eigenvalue weighted by Crippen LogP contribution is 2.14. The molecule has 0 atom stereocenters. The van der Waals surface area contributed by atoms with E-state index >= 15 is 0 Å². The van der Waals surface area contributed by atoms with E-state index in [9.17, 15) is 4.79 Å². The Kier molecular flexibility index (Phi) is 7.41. The number of nitrogens with zero attached hydrogens (tertiary/aromatic N) is 3. The molecule has 0 unspecified atom stereocenters. The highest BCUT2D eigenvalue weighted by atomic mass is 16.2. The van der Waals surface area contributed by atoms with Crippen LogP contribution in [0.1, 0.15) is 47.8 Å². The van der Waals surface area contributed by atoms with E-state index in [1.807, 2.05) is 54.3 Å². The van der Waals surface area contributed by atoms with E-state index in [0.29, 0.717) is 13.1 Å². The predicted octanol–water partition coefficient (Wildman–Crippen LogP) is 2.96. The van der Waals surface area contributed by atoms with E-state index in [-0.39, 0.29) is 5.91 Å². The molecule has 0 spiro atoms. The summed E-state index contributed by atoms with van der Waals surface area (Å²) in [5, 5.41) is 6.54. The minimum atomic E-state index is 0.139. The maximum Gasteiger partial charge on any atom is 0.253 e. The topological polar surface area (TPSA) is 69.6 Å². The summed E-state index contributed by atoms with van der Waals surface area (Å²) in [5.41, 5.74) is 2.80. The number of benzene rings is 1. The molecule has 28 heavy (non-hydrogen) atoms. The molecule has 1 aliphatic heterocycles. The fourth-order valence-electron chi connectivity index (χ4n) is 3.22. The van der Waals surface area contributed by atoms with E-state index in [4.69, 9.17) is 0 Å². The van der Waals surface area contributed by atoms with Crippen LogP contribution in [0.4, 0.5) is 0 Å². The first-order chi connectivity index (χ1) is 13.8. The number of aliphatic imine (C=N–C) groups is 1. The van der Waals surface area contributed by atoms with Gasteiger partial charge in [-0.05, 0) is 56.0 Å². The lowest BCUT2D eigenvalue weighted by Gasteiger charge is -2.26. The number of piperidine rings is 1. The number of aromatic nitrogens is 1. The van der Waals surface area contributed by atoms with Gasteiger partial charge in [-0.3, -0.25) is 9.78 Å². The largest absolute Gasteiger partial charge is 0.357 e. The molecule has 0 aliphatic carbocycles. The Hall–Kier alpha value is -2.89. The second-order valence-electron chi connectivity index (χ2n) is 6.92. The molecule has 1 aliphatic rings. The van der Waals surface area contributed by atoms with Crippen LogP contribution in [0.3, 0.4) is 0 Å². The highest BCUT2D eigenvalue weighted by Gasteiger charge is 2.17. The minimum absolute atomic E-state index is 0.139. The zero-order valence-electron chi connectivity index (χ0n) is 16.5. The van der Waals surface area contributed by atoms with Crippen molar-refractivity contribution in [2.75, 3.05) is 19.6 Å². The van der Waals surface area contributed by atoms with E-state index in [1.165, 1.54) is 6.42 Å². The number of carbonyl (C=O) groups excluding carboxylic acids is 1. The first kappa shape index (κ1) is 19.9. The van der Waals surface area contributed by atoms with Crippen LogP contribution in [-0.4, -0.2) is 41.4 Å². The monoisotopic (exact) mass is 379 g/mol. The number of nitrogens with one attached hydrogen (secondary N) is 2. The van der Waals surface area contributed by atoms with Gasteiger partial charge in [-0.1, -0.05) is 18.2 Å². The number of likely N-dealkylation sites (tertiary alicyclic amines) is 1. The summed E-state index contributed by atoms with van der Waals surface area (Å²) in [4.78, 5) is 23.5. The van der Waals surface area contributed by atoms with Crippen molar-refractivity contribution >= 4 is 11.9 Å². The van der Waals surface area contributed by atoms with Crippen molar-refractivity contribution in [3.05, 3.63) is 65.5 Å². The molecule has 1 aromatic carbocycles. The number of hydrogen-bond donors (Lipinski definition) is 2. The lowest BCUT2D eigenvalue weighted by Crippen LogP contribution is -2.37. The van der Waals surface area contributed by atoms with Gasteiger partial charge in [-0.25, -0.2) is 4.99 Å². The molecule has 2 heterocycles. The van der Waals surface area contributed by atoms with E-state index in [0.717, 1.165) is 55.3 Å². The van der Waals surface area contributed by atoms with E-state index in [1.54, 1.807) is 6.20 Å². The minimum Gasteiger partial charge on any atom is -0.357 e. The van der Waals surface area contributed by atoms with Gasteiger partial charge in [0.05, 0.1) is 18.8 Å². The third kappa shape index (κ3) is 5.81. The Morgan fingerprint density at radius 2 is 1.86 bits per heavy atom. The van der Waals surface area contributed by atoms with Crippen molar-refractivity contribution in [3.63, 3.8) is 0 Å². The standard InChI is InChI=1S/C22H29N5O/c1-2-23-22(26-17-20-8-4-5-13-24-20)25-16-18-9-11-19(12-10-18)21(28)27-14-6-3-7-15-27/h4-5,8-13H,2-3,6-7,14-17H2,1H3,(H2,23,25,26). The fourth-order valence-corrected chi connectivity index (χ4v) is 3.22. The Labute approximate surface area is 167 Å². The number of hydrogen-bond acceptors (Lipinski definition) is 3. The molecule has 0 radical (unpaired) electrons. The molecule has 3 rings (SSSR count). The molecule has 0 bridgehead atoms. The Morgan fingerprint density at radius 1 is 1.07 bits per heavy atom. The summed E-state index contributed by atoms with van der Waals surface area (Å²) in [6.45, 7) is 5.75. The smallest absolute Gasteiger partial charge is 0.253 e. The van der Waals surface area contributed by atoms with Gasteiger partial charge in [0.2, 0.25) is 0 Å². The van der Waals surface area contributed by atoms with Gasteiger partial charge in [-0.15, -0.1) is 0 Å². The predicted molar refractivity (Wildman–Crippen MR) is 112 cm³/mol. The molecule has 1 aromatic heterocycles. The van der Waals surface area contributed by atoms with Crippen LogP contribution in [0.15, 0.2) is 53.7 Å². The third-order valence-electron chi connectivity index (χ3n) is 4.77. The normalized spacial score (nSPS) is 14.6. The second-order valence-corrected chi connectivity index (χ2v) is 6.92. The summed E-state index contributed by atoms with van der Waals surface area (Å²) >= 11 is 0. The highest BCUT2D eigenvalue weighted by molar-refractivity contribution is 5.94. The summed E-state index contributed by atoms with van der Waals surface area (Å²) in [6.07, 6.45) is 5.23. The fraction of sp³-hybridized carbons (Fsp3) is 0.409. The Morgan fingerprint density at radius 3 is 2.54 bits per heavy atom. The zero-order chi connectivity index (χ0) is 19.6. The van der Waals surface area contributed by atoms with E-state index < -0.39 is 0 Å². The molecule has 6 nitrogen and oxygen atoms in total. The van der Waals surface area contributed by atoms with Crippen molar-refractivity contribution in [2.24, 2.45) is 4.99 Å². The Balaban J connectivity index is 1.57. The number of carbonyl (C=O) groups is 1. The number of rotatable bonds is 6. The lowest BCUT2D eigenvalue weighted by molar-refractivity contribution is 0.0724. The maximum atomic E-state index is 12.6. The quantitative estimate of drug-likeness (QED) is 0.598. The summed E-state index contributed by atoms with van der Waals surface area (Å²) in [6, 6.07) is 13.7. The first-order valence-electron chi connectivity index (χ1n) is 10.1. The molecular weight excluding hydrogens is 350 g/mol. The molecule has 1 saturated heterocycles. The van der Waals surface area contributed by atoms with Gasteiger partial charge in [0.25, 0.3) is 5.91 Å². The molecule has 148 valence electrons. The van der Waals surface area contributed by atoms with Crippen LogP contribution in [0.25, 0.3) is 0 Å². The van der Waals surface area contributed by atoms with Gasteiger partial charge in [-0.2, -0.15) is 0 Å². The molecule has 1 amide bonds. The Bertz CT molecular complexity index is 767. The van der Waals surface area contributed by atoms with Gasteiger partial charge in [0.1, 0.15) is 0 Å². The van der Waals surface area contributed by atoms with Crippen molar-refractivity contribution < 1.29 is 4.79 Å².